The summed E-state index contributed by atoms with van der Waals surface area (Å²) in [5.41, 5.74) is 2.07. The summed E-state index contributed by atoms with van der Waals surface area (Å²) in [6.07, 6.45) is 1.59. The molecule has 0 radical (unpaired) electrons. The summed E-state index contributed by atoms with van der Waals surface area (Å²) in [5, 5.41) is 0. The normalized spacial score (nSPS) is 18.5. The number of fused-ring (bicyclic) bond motifs is 1. The van der Waals surface area contributed by atoms with E-state index in [1.807, 2.05) is 18.2 Å². The molecule has 15 heavy (non-hydrogen) atoms. The van der Waals surface area contributed by atoms with Crippen LogP contribution in [-0.2, 0) is 6.42 Å². The van der Waals surface area contributed by atoms with Crippen molar-refractivity contribution in [3.63, 3.8) is 0 Å². The van der Waals surface area contributed by atoms with Crippen molar-refractivity contribution >= 4 is 5.78 Å². The third-order valence-electron chi connectivity index (χ3n) is 2.92. The zero-order chi connectivity index (χ0) is 11.1. The minimum absolute atomic E-state index is 0.0798. The Labute approximate surface area is 90.3 Å². The van der Waals surface area contributed by atoms with Crippen LogP contribution in [0.4, 0.5) is 0 Å². The van der Waals surface area contributed by atoms with Crippen LogP contribution < -0.4 is 4.74 Å². The van der Waals surface area contributed by atoms with Crippen LogP contribution in [0.3, 0.4) is 0 Å². The van der Waals surface area contributed by atoms with Gasteiger partial charge < -0.3 is 4.74 Å². The molecule has 2 rings (SSSR count). The topological polar surface area (TPSA) is 26.3 Å². The van der Waals surface area contributed by atoms with Gasteiger partial charge in [0, 0.05) is 12.0 Å². The van der Waals surface area contributed by atoms with E-state index in [0.717, 1.165) is 23.3 Å². The number of hydrogen-bond acceptors (Lipinski definition) is 2. The second-order valence-corrected chi connectivity index (χ2v) is 4.96. The highest BCUT2D eigenvalue weighted by Gasteiger charge is 2.30. The maximum atomic E-state index is 11.9. The molecule has 0 N–H and O–H groups in total. The zero-order valence-electron chi connectivity index (χ0n) is 9.46. The van der Waals surface area contributed by atoms with E-state index in [1.165, 1.54) is 0 Å². The van der Waals surface area contributed by atoms with Crippen molar-refractivity contribution in [2.75, 3.05) is 7.11 Å². The highest BCUT2D eigenvalue weighted by atomic mass is 16.5. The van der Waals surface area contributed by atoms with Crippen molar-refractivity contribution in [2.45, 2.75) is 26.7 Å². The lowest BCUT2D eigenvalue weighted by atomic mass is 9.74. The molecule has 1 aliphatic carbocycles. The first-order chi connectivity index (χ1) is 7.02. The lowest BCUT2D eigenvalue weighted by Crippen LogP contribution is -2.26. The summed E-state index contributed by atoms with van der Waals surface area (Å²) < 4.78 is 5.17. The number of benzene rings is 1. The fraction of sp³-hybridized carbons (Fsp3) is 0.462. The van der Waals surface area contributed by atoms with E-state index in [0.29, 0.717) is 6.42 Å². The first-order valence-corrected chi connectivity index (χ1v) is 5.22. The third kappa shape index (κ3) is 1.89. The second-order valence-electron chi connectivity index (χ2n) is 4.96. The first kappa shape index (κ1) is 10.2. The van der Waals surface area contributed by atoms with Gasteiger partial charge in [-0.15, -0.1) is 0 Å². The van der Waals surface area contributed by atoms with E-state index in [2.05, 4.69) is 13.8 Å². The lowest BCUT2D eigenvalue weighted by molar-refractivity contribution is 0.0912. The molecule has 0 unspecified atom stereocenters. The third-order valence-corrected chi connectivity index (χ3v) is 2.92. The molecule has 0 amide bonds. The average molecular weight is 204 g/mol. The summed E-state index contributed by atoms with van der Waals surface area (Å²) in [6, 6.07) is 5.72. The van der Waals surface area contributed by atoms with Crippen LogP contribution in [0.25, 0.3) is 0 Å². The number of methoxy groups -OCH3 is 1. The molecule has 1 aromatic rings. The number of carbonyl (C=O) groups is 1. The van der Waals surface area contributed by atoms with E-state index in [1.54, 1.807) is 7.11 Å². The number of rotatable bonds is 1. The highest BCUT2D eigenvalue weighted by molar-refractivity contribution is 5.99. The van der Waals surface area contributed by atoms with Gasteiger partial charge in [0.2, 0.25) is 0 Å². The summed E-state index contributed by atoms with van der Waals surface area (Å²) in [5.74, 6) is 1.09. The van der Waals surface area contributed by atoms with Gasteiger partial charge in [0.25, 0.3) is 0 Å². The molecular formula is C13H16O2. The van der Waals surface area contributed by atoms with E-state index in [4.69, 9.17) is 4.74 Å². The van der Waals surface area contributed by atoms with Gasteiger partial charge in [-0.2, -0.15) is 0 Å². The van der Waals surface area contributed by atoms with Crippen LogP contribution >= 0.6 is 0 Å². The molecule has 80 valence electrons. The molecule has 2 nitrogen and oxygen atoms in total. The molecular weight excluding hydrogens is 188 g/mol. The van der Waals surface area contributed by atoms with Gasteiger partial charge in [0.05, 0.1) is 7.11 Å². The van der Waals surface area contributed by atoms with Crippen LogP contribution in [-0.4, -0.2) is 12.9 Å². The van der Waals surface area contributed by atoms with E-state index >= 15 is 0 Å². The first-order valence-electron chi connectivity index (χ1n) is 5.22. The molecule has 0 aromatic heterocycles. The predicted octanol–water partition coefficient (Wildman–Crippen LogP) is 2.85. The number of carbonyl (C=O) groups excluding carboxylic acids is 1. The molecule has 0 aliphatic heterocycles. The summed E-state index contributed by atoms with van der Waals surface area (Å²) in [7, 11) is 1.65. The Morgan fingerprint density at radius 2 is 2.00 bits per heavy atom. The Hall–Kier alpha value is -1.31. The Kier molecular flexibility index (Phi) is 2.29. The molecule has 0 heterocycles. The van der Waals surface area contributed by atoms with E-state index < -0.39 is 0 Å². The quantitative estimate of drug-likeness (QED) is 0.703. The van der Waals surface area contributed by atoms with Gasteiger partial charge in [-0.1, -0.05) is 13.8 Å². The molecule has 0 fully saturated rings. The van der Waals surface area contributed by atoms with Crippen LogP contribution in [0.2, 0.25) is 0 Å². The van der Waals surface area contributed by atoms with Crippen LogP contribution in [0.1, 0.15) is 36.2 Å². The number of Topliss-reactive ketones (excluding diaryl/α,β-unsaturated/α-hetero) is 1. The Balaban J connectivity index is 2.46. The van der Waals surface area contributed by atoms with Gasteiger partial charge in [0.15, 0.2) is 5.78 Å². The molecule has 1 aromatic carbocycles. The van der Waals surface area contributed by atoms with Crippen molar-refractivity contribution < 1.29 is 9.53 Å². The number of ether oxygens (including phenoxy) is 1. The average Bonchev–Trinajstić information content (AvgIpc) is 2.14. The molecule has 0 spiro atoms. The standard InChI is InChI=1S/C13H16O2/c1-13(2)7-9-6-10(15-3)4-5-11(9)12(14)8-13/h4-6H,7-8H2,1-3H3. The summed E-state index contributed by atoms with van der Waals surface area (Å²) >= 11 is 0. The highest BCUT2D eigenvalue weighted by Crippen LogP contribution is 2.35. The van der Waals surface area contributed by atoms with Crippen molar-refractivity contribution in [1.29, 1.82) is 0 Å². The molecule has 0 bridgehead atoms. The SMILES string of the molecule is COc1ccc2c(c1)CC(C)(C)CC2=O. The molecule has 1 aliphatic rings. The maximum Gasteiger partial charge on any atom is 0.163 e. The second kappa shape index (κ2) is 3.37. The van der Waals surface area contributed by atoms with Gasteiger partial charge >= 0.3 is 0 Å². The van der Waals surface area contributed by atoms with Crippen molar-refractivity contribution in [3.05, 3.63) is 29.3 Å². The minimum atomic E-state index is 0.0798. The largest absolute Gasteiger partial charge is 0.497 e. The lowest BCUT2D eigenvalue weighted by Gasteiger charge is -2.30. The molecule has 0 saturated carbocycles. The Morgan fingerprint density at radius 3 is 2.67 bits per heavy atom. The van der Waals surface area contributed by atoms with Crippen LogP contribution in [0, 0.1) is 5.41 Å². The fourth-order valence-electron chi connectivity index (χ4n) is 2.22. The monoisotopic (exact) mass is 204 g/mol. The van der Waals surface area contributed by atoms with Crippen LogP contribution in [0.15, 0.2) is 18.2 Å². The minimum Gasteiger partial charge on any atom is -0.497 e. The summed E-state index contributed by atoms with van der Waals surface area (Å²) in [6.45, 7) is 4.26. The van der Waals surface area contributed by atoms with Gasteiger partial charge in [-0.3, -0.25) is 4.79 Å². The Morgan fingerprint density at radius 1 is 1.27 bits per heavy atom. The number of hydrogen-bond donors (Lipinski definition) is 0. The van der Waals surface area contributed by atoms with Gasteiger partial charge in [-0.25, -0.2) is 0 Å². The zero-order valence-corrected chi connectivity index (χ0v) is 9.46. The number of ketones is 1. The van der Waals surface area contributed by atoms with Gasteiger partial charge in [-0.05, 0) is 35.6 Å². The molecule has 2 heteroatoms. The molecule has 0 atom stereocenters. The summed E-state index contributed by atoms with van der Waals surface area (Å²) in [4.78, 5) is 11.9. The van der Waals surface area contributed by atoms with Crippen molar-refractivity contribution in [2.24, 2.45) is 5.41 Å². The molecule has 0 saturated heterocycles. The van der Waals surface area contributed by atoms with Crippen molar-refractivity contribution in [3.8, 4) is 5.75 Å². The van der Waals surface area contributed by atoms with Crippen molar-refractivity contribution in [1.82, 2.24) is 0 Å². The Bertz CT molecular complexity index is 405. The van der Waals surface area contributed by atoms with E-state index in [-0.39, 0.29) is 11.2 Å². The fourth-order valence-corrected chi connectivity index (χ4v) is 2.22. The van der Waals surface area contributed by atoms with E-state index in [9.17, 15) is 4.79 Å². The maximum absolute atomic E-state index is 11.9. The predicted molar refractivity (Wildman–Crippen MR) is 59.4 cm³/mol. The van der Waals surface area contributed by atoms with Gasteiger partial charge in [0.1, 0.15) is 5.75 Å². The van der Waals surface area contributed by atoms with Crippen LogP contribution in [0.5, 0.6) is 5.75 Å². The smallest absolute Gasteiger partial charge is 0.163 e.